The quantitative estimate of drug-likeness (QED) is 0.582. The molecule has 5 rings (SSSR count). The van der Waals surface area contributed by atoms with E-state index in [2.05, 4.69) is 20.2 Å². The molecule has 9 nitrogen and oxygen atoms in total. The molecule has 1 aromatic carbocycles. The van der Waals surface area contributed by atoms with E-state index in [4.69, 9.17) is 4.74 Å². The van der Waals surface area contributed by atoms with Gasteiger partial charge in [-0.05, 0) is 56.0 Å². The van der Waals surface area contributed by atoms with Gasteiger partial charge in [-0.15, -0.1) is 0 Å². The number of nitrogens with one attached hydrogen (secondary N) is 2. The van der Waals surface area contributed by atoms with Crippen molar-refractivity contribution in [1.29, 1.82) is 0 Å². The van der Waals surface area contributed by atoms with Crippen LogP contribution in [0.4, 0.5) is 11.4 Å². The van der Waals surface area contributed by atoms with E-state index < -0.39 is 11.2 Å². The molecule has 1 aliphatic heterocycles. The van der Waals surface area contributed by atoms with Gasteiger partial charge in [0.15, 0.2) is 5.65 Å². The Balaban J connectivity index is 1.53. The van der Waals surface area contributed by atoms with Gasteiger partial charge in [-0.1, -0.05) is 6.92 Å². The Morgan fingerprint density at radius 3 is 2.65 bits per heavy atom. The van der Waals surface area contributed by atoms with Crippen molar-refractivity contribution in [2.24, 2.45) is 0 Å². The zero-order valence-corrected chi connectivity index (χ0v) is 19.5. The van der Waals surface area contributed by atoms with E-state index in [0.717, 1.165) is 42.9 Å². The molecule has 3 aromatic rings. The molecule has 0 spiro atoms. The second kappa shape index (κ2) is 9.06. The van der Waals surface area contributed by atoms with E-state index in [-0.39, 0.29) is 28.4 Å². The zero-order valence-electron chi connectivity index (χ0n) is 19.5. The molecule has 0 radical (unpaired) electrons. The number of amides is 1. The van der Waals surface area contributed by atoms with Crippen LogP contribution in [-0.4, -0.2) is 46.7 Å². The molecular formula is C25H29N5O4. The van der Waals surface area contributed by atoms with Gasteiger partial charge < -0.3 is 15.0 Å². The minimum atomic E-state index is -0.591. The lowest BCUT2D eigenvalue weighted by atomic mass is 10.1. The van der Waals surface area contributed by atoms with Crippen molar-refractivity contribution in [3.63, 3.8) is 0 Å². The number of fused-ring (bicyclic) bond motifs is 1. The van der Waals surface area contributed by atoms with Crippen molar-refractivity contribution in [1.82, 2.24) is 14.5 Å². The average Bonchev–Trinajstić information content (AvgIpc) is 3.68. The van der Waals surface area contributed by atoms with Crippen molar-refractivity contribution in [2.45, 2.75) is 45.6 Å². The van der Waals surface area contributed by atoms with Crippen LogP contribution in [0.25, 0.3) is 11.0 Å². The Labute approximate surface area is 196 Å². The summed E-state index contributed by atoms with van der Waals surface area (Å²) in [5, 5.41) is 3.13. The molecule has 0 bridgehead atoms. The van der Waals surface area contributed by atoms with E-state index >= 15 is 0 Å². The van der Waals surface area contributed by atoms with E-state index in [1.165, 1.54) is 4.57 Å². The van der Waals surface area contributed by atoms with Gasteiger partial charge in [0.1, 0.15) is 0 Å². The molecule has 1 saturated heterocycles. The number of aromatic amines is 1. The highest BCUT2D eigenvalue weighted by molar-refractivity contribution is 6.12. The van der Waals surface area contributed by atoms with Gasteiger partial charge in [0.05, 0.1) is 24.2 Å². The summed E-state index contributed by atoms with van der Waals surface area (Å²) in [6.45, 7) is 7.38. The van der Waals surface area contributed by atoms with Crippen LogP contribution < -0.4 is 21.5 Å². The third-order valence-electron chi connectivity index (χ3n) is 6.49. The topological polar surface area (TPSA) is 109 Å². The van der Waals surface area contributed by atoms with Crippen LogP contribution in [-0.2, 0) is 11.3 Å². The van der Waals surface area contributed by atoms with Crippen LogP contribution in [0.1, 0.15) is 53.7 Å². The summed E-state index contributed by atoms with van der Waals surface area (Å²) in [4.78, 5) is 48.0. The maximum absolute atomic E-state index is 13.5. The first-order valence-corrected chi connectivity index (χ1v) is 11.9. The number of H-pyrrole nitrogens is 1. The highest BCUT2D eigenvalue weighted by atomic mass is 16.5. The van der Waals surface area contributed by atoms with Crippen LogP contribution in [0.5, 0.6) is 0 Å². The smallest absolute Gasteiger partial charge is 0.329 e. The first-order valence-electron chi connectivity index (χ1n) is 11.9. The number of aromatic nitrogens is 3. The lowest BCUT2D eigenvalue weighted by Crippen LogP contribution is -2.36. The minimum Gasteiger partial charge on any atom is -0.378 e. The Morgan fingerprint density at radius 1 is 1.21 bits per heavy atom. The minimum absolute atomic E-state index is 0.150. The monoisotopic (exact) mass is 463 g/mol. The summed E-state index contributed by atoms with van der Waals surface area (Å²) < 4.78 is 6.89. The number of morpholine rings is 1. The van der Waals surface area contributed by atoms with Crippen molar-refractivity contribution in [3.8, 4) is 0 Å². The van der Waals surface area contributed by atoms with Gasteiger partial charge in [0, 0.05) is 42.6 Å². The fraction of sp³-hybridized carbons (Fsp3) is 0.440. The number of rotatable bonds is 6. The summed E-state index contributed by atoms with van der Waals surface area (Å²) in [5.41, 5.74) is 2.89. The number of aryl methyl sites for hydroxylation is 2. The van der Waals surface area contributed by atoms with E-state index in [1.54, 1.807) is 6.07 Å². The molecule has 34 heavy (non-hydrogen) atoms. The number of carbonyl (C=O) groups is 1. The fourth-order valence-electron chi connectivity index (χ4n) is 4.49. The first-order chi connectivity index (χ1) is 16.5. The van der Waals surface area contributed by atoms with Crippen LogP contribution in [0.15, 0.2) is 33.9 Å². The Bertz CT molecular complexity index is 1370. The standard InChI is InChI=1S/C25H29N5O4/c1-3-8-30-22-21(24(32)28-25(30)33)18(14-20(26-22)16-4-5-16)23(31)27-19-7-6-17(13-15(19)2)29-9-11-34-12-10-29/h6-7,13-14,16H,3-5,8-12H2,1-2H3,(H,27,31)(H,28,32,33). The number of hydrogen-bond acceptors (Lipinski definition) is 6. The van der Waals surface area contributed by atoms with Crippen molar-refractivity contribution >= 4 is 28.3 Å². The summed E-state index contributed by atoms with van der Waals surface area (Å²) >= 11 is 0. The second-order valence-corrected chi connectivity index (χ2v) is 9.03. The second-order valence-electron chi connectivity index (χ2n) is 9.03. The van der Waals surface area contributed by atoms with Gasteiger partial charge in [0.2, 0.25) is 0 Å². The maximum atomic E-state index is 13.5. The van der Waals surface area contributed by atoms with Gasteiger partial charge in [-0.2, -0.15) is 0 Å². The van der Waals surface area contributed by atoms with Crippen molar-refractivity contribution < 1.29 is 9.53 Å². The summed E-state index contributed by atoms with van der Waals surface area (Å²) in [6.07, 6.45) is 2.68. The predicted octanol–water partition coefficient (Wildman–Crippen LogP) is 2.77. The highest BCUT2D eigenvalue weighted by Gasteiger charge is 2.29. The lowest BCUT2D eigenvalue weighted by Gasteiger charge is -2.29. The van der Waals surface area contributed by atoms with Gasteiger partial charge >= 0.3 is 5.69 Å². The molecule has 0 atom stereocenters. The fourth-order valence-corrected chi connectivity index (χ4v) is 4.49. The van der Waals surface area contributed by atoms with E-state index in [1.807, 2.05) is 32.0 Å². The van der Waals surface area contributed by atoms with Gasteiger partial charge in [-0.25, -0.2) is 9.78 Å². The number of benzene rings is 1. The third kappa shape index (κ3) is 4.23. The molecule has 2 fully saturated rings. The number of anilines is 2. The van der Waals surface area contributed by atoms with Gasteiger partial charge in [-0.3, -0.25) is 19.1 Å². The molecule has 2 aromatic heterocycles. The van der Waals surface area contributed by atoms with Crippen molar-refractivity contribution in [2.75, 3.05) is 36.5 Å². The van der Waals surface area contributed by atoms with Crippen LogP contribution in [0.2, 0.25) is 0 Å². The number of nitrogens with zero attached hydrogens (tertiary/aromatic N) is 3. The summed E-state index contributed by atoms with van der Waals surface area (Å²) in [7, 11) is 0. The normalized spacial score (nSPS) is 16.1. The zero-order chi connectivity index (χ0) is 23.8. The molecule has 2 aliphatic rings. The van der Waals surface area contributed by atoms with Crippen molar-refractivity contribution in [3.05, 3.63) is 61.9 Å². The summed E-state index contributed by atoms with van der Waals surface area (Å²) in [6, 6.07) is 7.64. The number of ether oxygens (including phenoxy) is 1. The third-order valence-corrected chi connectivity index (χ3v) is 6.49. The Kier molecular flexibility index (Phi) is 5.95. The number of pyridine rings is 1. The maximum Gasteiger partial charge on any atom is 0.329 e. The largest absolute Gasteiger partial charge is 0.378 e. The molecule has 3 heterocycles. The number of hydrogen-bond donors (Lipinski definition) is 2. The van der Waals surface area contributed by atoms with E-state index in [9.17, 15) is 14.4 Å². The lowest BCUT2D eigenvalue weighted by molar-refractivity contribution is 0.102. The van der Waals surface area contributed by atoms with E-state index in [0.29, 0.717) is 31.9 Å². The molecule has 9 heteroatoms. The predicted molar refractivity (Wildman–Crippen MR) is 131 cm³/mol. The molecule has 1 saturated carbocycles. The average molecular weight is 464 g/mol. The SMILES string of the molecule is CCCn1c(=O)[nH]c(=O)c2c(C(=O)Nc3ccc(N4CCOCC4)cc3C)cc(C3CC3)nc21. The van der Waals surface area contributed by atoms with Crippen LogP contribution >= 0.6 is 0 Å². The first kappa shape index (κ1) is 22.3. The molecule has 2 N–H and O–H groups in total. The molecule has 1 aliphatic carbocycles. The molecule has 1 amide bonds. The molecule has 0 unspecified atom stereocenters. The molecular weight excluding hydrogens is 434 g/mol. The van der Waals surface area contributed by atoms with Crippen LogP contribution in [0, 0.1) is 6.92 Å². The molecule has 178 valence electrons. The van der Waals surface area contributed by atoms with Gasteiger partial charge in [0.25, 0.3) is 11.5 Å². The Hall–Kier alpha value is -3.46. The Morgan fingerprint density at radius 2 is 1.97 bits per heavy atom. The van der Waals surface area contributed by atoms with Crippen LogP contribution in [0.3, 0.4) is 0 Å². The highest BCUT2D eigenvalue weighted by Crippen LogP contribution is 2.40. The summed E-state index contributed by atoms with van der Waals surface area (Å²) in [5.74, 6) is -0.126. The number of carbonyl (C=O) groups excluding carboxylic acids is 1.